The molecule has 4 heteroatoms. The monoisotopic (exact) mass is 214 g/mol. The molecule has 0 radical (unpaired) electrons. The lowest BCUT2D eigenvalue weighted by atomic mass is 10.3. The SMILES string of the molecule is CC(C)OCCCN1CCN(C=O)CC1. The summed E-state index contributed by atoms with van der Waals surface area (Å²) in [5, 5.41) is 0. The lowest BCUT2D eigenvalue weighted by molar-refractivity contribution is -0.119. The second-order valence-corrected chi connectivity index (χ2v) is 4.26. The molecule has 1 aliphatic rings. The zero-order valence-corrected chi connectivity index (χ0v) is 9.82. The van der Waals surface area contributed by atoms with Crippen LogP contribution >= 0.6 is 0 Å². The zero-order chi connectivity index (χ0) is 11.1. The van der Waals surface area contributed by atoms with Crippen molar-refractivity contribution in [2.75, 3.05) is 39.3 Å². The highest BCUT2D eigenvalue weighted by atomic mass is 16.5. The molecule has 1 rings (SSSR count). The molecule has 0 spiro atoms. The number of piperazine rings is 1. The molecule has 1 heterocycles. The first-order valence-corrected chi connectivity index (χ1v) is 5.75. The van der Waals surface area contributed by atoms with Crippen LogP contribution in [0.2, 0.25) is 0 Å². The fourth-order valence-electron chi connectivity index (χ4n) is 1.70. The number of amides is 1. The first-order chi connectivity index (χ1) is 7.22. The summed E-state index contributed by atoms with van der Waals surface area (Å²) >= 11 is 0. The van der Waals surface area contributed by atoms with Gasteiger partial charge in [-0.1, -0.05) is 0 Å². The van der Waals surface area contributed by atoms with Gasteiger partial charge in [0.05, 0.1) is 6.10 Å². The zero-order valence-electron chi connectivity index (χ0n) is 9.82. The van der Waals surface area contributed by atoms with E-state index < -0.39 is 0 Å². The molecule has 15 heavy (non-hydrogen) atoms. The molecule has 1 saturated heterocycles. The van der Waals surface area contributed by atoms with Gasteiger partial charge in [-0.2, -0.15) is 0 Å². The number of hydrogen-bond donors (Lipinski definition) is 0. The minimum absolute atomic E-state index is 0.330. The van der Waals surface area contributed by atoms with E-state index in [-0.39, 0.29) is 0 Å². The van der Waals surface area contributed by atoms with E-state index in [1.807, 2.05) is 4.90 Å². The van der Waals surface area contributed by atoms with E-state index in [4.69, 9.17) is 4.74 Å². The van der Waals surface area contributed by atoms with Crippen LogP contribution in [0.1, 0.15) is 20.3 Å². The lowest BCUT2D eigenvalue weighted by Crippen LogP contribution is -2.46. The molecule has 1 aliphatic heterocycles. The molecule has 0 saturated carbocycles. The highest BCUT2D eigenvalue weighted by Crippen LogP contribution is 2.01. The van der Waals surface area contributed by atoms with Crippen molar-refractivity contribution in [3.05, 3.63) is 0 Å². The van der Waals surface area contributed by atoms with Gasteiger partial charge in [0, 0.05) is 39.3 Å². The van der Waals surface area contributed by atoms with Gasteiger partial charge in [-0.05, 0) is 20.3 Å². The van der Waals surface area contributed by atoms with E-state index in [2.05, 4.69) is 18.7 Å². The van der Waals surface area contributed by atoms with Crippen molar-refractivity contribution in [2.45, 2.75) is 26.4 Å². The highest BCUT2D eigenvalue weighted by Gasteiger charge is 2.14. The smallest absolute Gasteiger partial charge is 0.209 e. The lowest BCUT2D eigenvalue weighted by Gasteiger charge is -2.32. The van der Waals surface area contributed by atoms with Gasteiger partial charge in [-0.25, -0.2) is 0 Å². The van der Waals surface area contributed by atoms with Gasteiger partial charge in [0.15, 0.2) is 0 Å². The van der Waals surface area contributed by atoms with Gasteiger partial charge in [0.1, 0.15) is 0 Å². The molecular formula is C11H22N2O2. The summed E-state index contributed by atoms with van der Waals surface area (Å²) in [4.78, 5) is 14.7. The molecule has 0 N–H and O–H groups in total. The van der Waals surface area contributed by atoms with Gasteiger partial charge in [0.2, 0.25) is 6.41 Å². The second-order valence-electron chi connectivity index (χ2n) is 4.26. The summed E-state index contributed by atoms with van der Waals surface area (Å²) < 4.78 is 5.48. The Hall–Kier alpha value is -0.610. The molecule has 1 amide bonds. The quantitative estimate of drug-likeness (QED) is 0.479. The van der Waals surface area contributed by atoms with Crippen molar-refractivity contribution < 1.29 is 9.53 Å². The van der Waals surface area contributed by atoms with Crippen molar-refractivity contribution in [1.29, 1.82) is 0 Å². The summed E-state index contributed by atoms with van der Waals surface area (Å²) in [6.07, 6.45) is 2.36. The molecule has 88 valence electrons. The largest absolute Gasteiger partial charge is 0.379 e. The molecule has 0 aromatic carbocycles. The maximum atomic E-state index is 10.5. The fraction of sp³-hybridized carbons (Fsp3) is 0.909. The third kappa shape index (κ3) is 5.14. The number of hydrogen-bond acceptors (Lipinski definition) is 3. The number of rotatable bonds is 6. The van der Waals surface area contributed by atoms with Crippen LogP contribution < -0.4 is 0 Å². The summed E-state index contributed by atoms with van der Waals surface area (Å²) in [5.41, 5.74) is 0. The number of nitrogens with zero attached hydrogens (tertiary/aromatic N) is 2. The Bertz CT molecular complexity index is 177. The van der Waals surface area contributed by atoms with Gasteiger partial charge < -0.3 is 9.64 Å². The molecule has 0 unspecified atom stereocenters. The third-order valence-corrected chi connectivity index (χ3v) is 2.63. The summed E-state index contributed by atoms with van der Waals surface area (Å²) in [5.74, 6) is 0. The Kier molecular flexibility index (Phi) is 5.65. The Morgan fingerprint density at radius 3 is 2.47 bits per heavy atom. The molecule has 0 aromatic rings. The molecule has 0 aromatic heterocycles. The van der Waals surface area contributed by atoms with Crippen molar-refractivity contribution in [2.24, 2.45) is 0 Å². The first kappa shape index (κ1) is 12.5. The van der Waals surface area contributed by atoms with Crippen LogP contribution in [-0.2, 0) is 9.53 Å². The van der Waals surface area contributed by atoms with E-state index >= 15 is 0 Å². The number of carbonyl (C=O) groups excluding carboxylic acids is 1. The first-order valence-electron chi connectivity index (χ1n) is 5.75. The molecule has 4 nitrogen and oxygen atoms in total. The Labute approximate surface area is 92.2 Å². The van der Waals surface area contributed by atoms with E-state index in [0.29, 0.717) is 6.10 Å². The standard InChI is InChI=1S/C11H22N2O2/c1-11(2)15-9-3-4-12-5-7-13(10-14)8-6-12/h10-11H,3-9H2,1-2H3. The van der Waals surface area contributed by atoms with Crippen LogP contribution in [0.3, 0.4) is 0 Å². The van der Waals surface area contributed by atoms with E-state index in [9.17, 15) is 4.79 Å². The predicted octanol–water partition coefficient (Wildman–Crippen LogP) is 0.575. The van der Waals surface area contributed by atoms with Crippen LogP contribution in [0, 0.1) is 0 Å². The maximum Gasteiger partial charge on any atom is 0.209 e. The van der Waals surface area contributed by atoms with E-state index in [1.165, 1.54) is 0 Å². The Morgan fingerprint density at radius 2 is 1.93 bits per heavy atom. The fourth-order valence-corrected chi connectivity index (χ4v) is 1.70. The van der Waals surface area contributed by atoms with Gasteiger partial charge in [-0.3, -0.25) is 9.69 Å². The minimum Gasteiger partial charge on any atom is -0.379 e. The van der Waals surface area contributed by atoms with E-state index in [0.717, 1.165) is 52.2 Å². The minimum atomic E-state index is 0.330. The van der Waals surface area contributed by atoms with Crippen LogP contribution in [0.4, 0.5) is 0 Å². The van der Waals surface area contributed by atoms with Crippen molar-refractivity contribution >= 4 is 6.41 Å². The highest BCUT2D eigenvalue weighted by molar-refractivity contribution is 5.47. The Balaban J connectivity index is 2.01. The Morgan fingerprint density at radius 1 is 1.27 bits per heavy atom. The van der Waals surface area contributed by atoms with Crippen LogP contribution in [-0.4, -0.2) is 61.6 Å². The molecule has 0 bridgehead atoms. The van der Waals surface area contributed by atoms with Gasteiger partial charge in [0.25, 0.3) is 0 Å². The van der Waals surface area contributed by atoms with Crippen molar-refractivity contribution in [3.8, 4) is 0 Å². The molecule has 1 fully saturated rings. The van der Waals surface area contributed by atoms with E-state index in [1.54, 1.807) is 0 Å². The summed E-state index contributed by atoms with van der Waals surface area (Å²) in [7, 11) is 0. The topological polar surface area (TPSA) is 32.8 Å². The third-order valence-electron chi connectivity index (χ3n) is 2.63. The molecule has 0 atom stereocenters. The van der Waals surface area contributed by atoms with Crippen molar-refractivity contribution in [1.82, 2.24) is 9.80 Å². The maximum absolute atomic E-state index is 10.5. The van der Waals surface area contributed by atoms with Gasteiger partial charge in [-0.15, -0.1) is 0 Å². The molecular weight excluding hydrogens is 192 g/mol. The predicted molar refractivity (Wildman–Crippen MR) is 59.8 cm³/mol. The van der Waals surface area contributed by atoms with Crippen molar-refractivity contribution in [3.63, 3.8) is 0 Å². The second kappa shape index (κ2) is 6.80. The summed E-state index contributed by atoms with van der Waals surface area (Å²) in [6.45, 7) is 9.78. The molecule has 0 aliphatic carbocycles. The normalized spacial score (nSPS) is 18.5. The van der Waals surface area contributed by atoms with Crippen LogP contribution in [0.5, 0.6) is 0 Å². The average Bonchev–Trinajstić information content (AvgIpc) is 2.25. The summed E-state index contributed by atoms with van der Waals surface area (Å²) in [6, 6.07) is 0. The average molecular weight is 214 g/mol. The number of carbonyl (C=O) groups is 1. The number of ether oxygens (including phenoxy) is 1. The van der Waals surface area contributed by atoms with Crippen LogP contribution in [0.25, 0.3) is 0 Å². The van der Waals surface area contributed by atoms with Crippen LogP contribution in [0.15, 0.2) is 0 Å². The van der Waals surface area contributed by atoms with Gasteiger partial charge >= 0.3 is 0 Å².